The summed E-state index contributed by atoms with van der Waals surface area (Å²) in [6.07, 6.45) is 0.392. The van der Waals surface area contributed by atoms with E-state index in [1.807, 2.05) is 36.4 Å². The summed E-state index contributed by atoms with van der Waals surface area (Å²) in [6.45, 7) is 0. The third kappa shape index (κ3) is 3.17. The van der Waals surface area contributed by atoms with Crippen molar-refractivity contribution in [2.45, 2.75) is 23.7 Å². The fourth-order valence-corrected chi connectivity index (χ4v) is 3.71. The van der Waals surface area contributed by atoms with Crippen molar-refractivity contribution in [3.05, 3.63) is 71.8 Å². The number of carbonyl (C=O) groups excluding carboxylic acids is 3. The van der Waals surface area contributed by atoms with Crippen LogP contribution in [0.4, 0.5) is 0 Å². The maximum atomic E-state index is 12.8. The van der Waals surface area contributed by atoms with Crippen LogP contribution in [0.25, 0.3) is 0 Å². The number of likely N-dealkylation sites (tertiary alicyclic amines) is 1. The summed E-state index contributed by atoms with van der Waals surface area (Å²) in [6, 6.07) is 17.4. The van der Waals surface area contributed by atoms with Gasteiger partial charge in [0.2, 0.25) is 11.8 Å². The van der Waals surface area contributed by atoms with E-state index < -0.39 is 10.9 Å². The van der Waals surface area contributed by atoms with E-state index in [-0.39, 0.29) is 30.4 Å². The highest BCUT2D eigenvalue weighted by Gasteiger charge is 2.41. The molecule has 0 radical (unpaired) electrons. The quantitative estimate of drug-likeness (QED) is 0.449. The van der Waals surface area contributed by atoms with Crippen LogP contribution in [0.15, 0.2) is 60.7 Å². The minimum absolute atomic E-state index is 0.156. The highest BCUT2D eigenvalue weighted by Crippen LogP contribution is 2.34. The summed E-state index contributed by atoms with van der Waals surface area (Å²) in [5, 5.41) is 0. The van der Waals surface area contributed by atoms with Crippen LogP contribution >= 0.6 is 15.9 Å². The molecule has 0 saturated carbocycles. The van der Waals surface area contributed by atoms with Crippen molar-refractivity contribution in [2.24, 2.45) is 0 Å². The summed E-state index contributed by atoms with van der Waals surface area (Å²) in [7, 11) is 0. The number of nitrogens with zero attached hydrogens (tertiary/aromatic N) is 1. The van der Waals surface area contributed by atoms with Gasteiger partial charge in [-0.3, -0.25) is 19.3 Å². The fraction of sp³-hybridized carbons (Fsp3) is 0.211. The maximum Gasteiger partial charge on any atom is 0.230 e. The Bertz CT molecular complexity index is 745. The van der Waals surface area contributed by atoms with E-state index in [0.717, 1.165) is 5.56 Å². The van der Waals surface area contributed by atoms with E-state index >= 15 is 0 Å². The summed E-state index contributed by atoms with van der Waals surface area (Å²) < 4.78 is 0. The molecule has 0 aromatic heterocycles. The molecule has 1 aliphatic rings. The van der Waals surface area contributed by atoms with Crippen LogP contribution < -0.4 is 0 Å². The Morgan fingerprint density at radius 3 is 1.92 bits per heavy atom. The lowest BCUT2D eigenvalue weighted by Gasteiger charge is -2.30. The van der Waals surface area contributed by atoms with Crippen molar-refractivity contribution in [2.75, 3.05) is 0 Å². The first kappa shape index (κ1) is 16.6. The van der Waals surface area contributed by atoms with Crippen molar-refractivity contribution in [1.82, 2.24) is 4.90 Å². The molecule has 1 saturated heterocycles. The molecule has 5 heteroatoms. The second-order valence-corrected chi connectivity index (χ2v) is 6.63. The molecular formula is C19H16BrNO3. The summed E-state index contributed by atoms with van der Waals surface area (Å²) >= 11 is 3.45. The van der Waals surface area contributed by atoms with Gasteiger partial charge >= 0.3 is 0 Å². The monoisotopic (exact) mass is 385 g/mol. The third-order valence-electron chi connectivity index (χ3n) is 4.10. The third-order valence-corrected chi connectivity index (χ3v) is 5.01. The van der Waals surface area contributed by atoms with Gasteiger partial charge in [-0.15, -0.1) is 0 Å². The molecule has 122 valence electrons. The van der Waals surface area contributed by atoms with Gasteiger partial charge in [0.05, 0.1) is 6.04 Å². The van der Waals surface area contributed by atoms with Crippen LogP contribution in [0.1, 0.15) is 34.8 Å². The van der Waals surface area contributed by atoms with Gasteiger partial charge in [-0.25, -0.2) is 0 Å². The lowest BCUT2D eigenvalue weighted by atomic mass is 9.96. The molecule has 2 amide bonds. The van der Waals surface area contributed by atoms with E-state index in [2.05, 4.69) is 15.9 Å². The lowest BCUT2D eigenvalue weighted by Crippen LogP contribution is -2.40. The number of ketones is 1. The van der Waals surface area contributed by atoms with Crippen LogP contribution in [0.3, 0.4) is 0 Å². The first-order chi connectivity index (χ1) is 11.6. The van der Waals surface area contributed by atoms with Crippen LogP contribution in [0.2, 0.25) is 0 Å². The second kappa shape index (κ2) is 7.09. The standard InChI is InChI=1S/C19H16BrNO3/c20-17(19(24)14-9-5-2-6-10-14)18(13-7-3-1-4-8-13)21-15(22)11-12-16(21)23/h1-10,17-18H,11-12H2/t17-,18-/m1/s1. The molecular weight excluding hydrogens is 370 g/mol. The van der Waals surface area contributed by atoms with Gasteiger partial charge in [0.15, 0.2) is 5.78 Å². The zero-order valence-corrected chi connectivity index (χ0v) is 14.5. The molecule has 0 bridgehead atoms. The number of Topliss-reactive ketones (excluding diaryl/α,β-unsaturated/α-hetero) is 1. The molecule has 0 unspecified atom stereocenters. The smallest absolute Gasteiger partial charge is 0.230 e. The van der Waals surface area contributed by atoms with E-state index in [1.165, 1.54) is 4.90 Å². The second-order valence-electron chi connectivity index (χ2n) is 5.65. The van der Waals surface area contributed by atoms with Gasteiger partial charge < -0.3 is 0 Å². The summed E-state index contributed by atoms with van der Waals surface area (Å²) in [5.41, 5.74) is 1.30. The predicted octanol–water partition coefficient (Wildman–Crippen LogP) is 3.52. The molecule has 24 heavy (non-hydrogen) atoms. The minimum Gasteiger partial charge on any atom is -0.293 e. The van der Waals surface area contributed by atoms with Crippen LogP contribution in [-0.4, -0.2) is 27.3 Å². The van der Waals surface area contributed by atoms with Gasteiger partial charge in [-0.1, -0.05) is 76.6 Å². The molecule has 1 fully saturated rings. The molecule has 0 N–H and O–H groups in total. The predicted molar refractivity (Wildman–Crippen MR) is 93.8 cm³/mol. The Hall–Kier alpha value is -2.27. The molecule has 1 heterocycles. The molecule has 0 spiro atoms. The molecule has 2 atom stereocenters. The van der Waals surface area contributed by atoms with Crippen molar-refractivity contribution in [3.8, 4) is 0 Å². The summed E-state index contributed by atoms with van der Waals surface area (Å²) in [5.74, 6) is -0.629. The zero-order valence-electron chi connectivity index (χ0n) is 12.9. The van der Waals surface area contributed by atoms with Gasteiger partial charge in [0, 0.05) is 18.4 Å². The number of hydrogen-bond acceptors (Lipinski definition) is 3. The van der Waals surface area contributed by atoms with Gasteiger partial charge in [0.25, 0.3) is 0 Å². The number of halogens is 1. The zero-order chi connectivity index (χ0) is 17.1. The Labute approximate surface area is 148 Å². The first-order valence-electron chi connectivity index (χ1n) is 7.73. The maximum absolute atomic E-state index is 12.8. The highest BCUT2D eigenvalue weighted by atomic mass is 79.9. The van der Waals surface area contributed by atoms with E-state index in [0.29, 0.717) is 5.56 Å². The number of carbonyl (C=O) groups is 3. The van der Waals surface area contributed by atoms with Crippen molar-refractivity contribution in [3.63, 3.8) is 0 Å². The lowest BCUT2D eigenvalue weighted by molar-refractivity contribution is -0.141. The van der Waals surface area contributed by atoms with Crippen LogP contribution in [-0.2, 0) is 9.59 Å². The number of benzene rings is 2. The largest absolute Gasteiger partial charge is 0.293 e. The first-order valence-corrected chi connectivity index (χ1v) is 8.64. The highest BCUT2D eigenvalue weighted by molar-refractivity contribution is 9.10. The average Bonchev–Trinajstić information content (AvgIpc) is 2.95. The molecule has 3 rings (SSSR count). The van der Waals surface area contributed by atoms with E-state index in [9.17, 15) is 14.4 Å². The number of hydrogen-bond donors (Lipinski definition) is 0. The molecule has 2 aromatic carbocycles. The topological polar surface area (TPSA) is 54.5 Å². The van der Waals surface area contributed by atoms with Gasteiger partial charge in [0.1, 0.15) is 4.83 Å². The number of amides is 2. The molecule has 0 aliphatic carbocycles. The van der Waals surface area contributed by atoms with Crippen molar-refractivity contribution >= 4 is 33.5 Å². The van der Waals surface area contributed by atoms with E-state index in [1.54, 1.807) is 24.3 Å². The fourth-order valence-electron chi connectivity index (χ4n) is 2.91. The Morgan fingerprint density at radius 1 is 0.875 bits per heavy atom. The summed E-state index contributed by atoms with van der Waals surface area (Å²) in [4.78, 5) is 37.8. The number of rotatable bonds is 5. The molecule has 2 aromatic rings. The normalized spacial score (nSPS) is 17.0. The van der Waals surface area contributed by atoms with E-state index in [4.69, 9.17) is 0 Å². The van der Waals surface area contributed by atoms with Crippen molar-refractivity contribution in [1.29, 1.82) is 0 Å². The minimum atomic E-state index is -0.701. The van der Waals surface area contributed by atoms with Gasteiger partial charge in [-0.05, 0) is 5.56 Å². The molecule has 4 nitrogen and oxygen atoms in total. The Kier molecular flexibility index (Phi) is 4.90. The van der Waals surface area contributed by atoms with Crippen molar-refractivity contribution < 1.29 is 14.4 Å². The van der Waals surface area contributed by atoms with Crippen LogP contribution in [0.5, 0.6) is 0 Å². The number of alkyl halides is 1. The average molecular weight is 386 g/mol. The SMILES string of the molecule is O=C(c1ccccc1)[C@H](Br)[C@@H](c1ccccc1)N1C(=O)CCC1=O. The Morgan fingerprint density at radius 2 is 1.38 bits per heavy atom. The van der Waals surface area contributed by atoms with Crippen LogP contribution in [0, 0.1) is 0 Å². The Balaban J connectivity index is 2.00. The molecule has 1 aliphatic heterocycles. The van der Waals surface area contributed by atoms with Gasteiger partial charge in [-0.2, -0.15) is 0 Å². The number of imide groups is 1.